The van der Waals surface area contributed by atoms with Gasteiger partial charge in [0.2, 0.25) is 0 Å². The van der Waals surface area contributed by atoms with Gasteiger partial charge in [-0.1, -0.05) is 11.2 Å². The fourth-order valence-corrected chi connectivity index (χ4v) is 1.29. The van der Waals surface area contributed by atoms with E-state index in [9.17, 15) is 5.11 Å². The minimum atomic E-state index is -0.0388. The first-order valence-corrected chi connectivity index (χ1v) is 4.41. The lowest BCUT2D eigenvalue weighted by molar-refractivity contribution is 0.321. The van der Waals surface area contributed by atoms with Gasteiger partial charge in [0.1, 0.15) is 0 Å². The van der Waals surface area contributed by atoms with Crippen LogP contribution in [0.1, 0.15) is 11.1 Å². The maximum Gasteiger partial charge on any atom is 0.166 e. The largest absolute Gasteiger partial charge is 0.504 e. The molecule has 0 amide bonds. The van der Waals surface area contributed by atoms with E-state index in [1.165, 1.54) is 7.11 Å². The van der Waals surface area contributed by atoms with Crippen molar-refractivity contribution >= 4 is 6.21 Å². The zero-order valence-corrected chi connectivity index (χ0v) is 8.47. The SMILES string of the molecule is C=CCc1cc(C=NO)c(O)c(OC)c1. The number of oxime groups is 1. The molecule has 1 aromatic rings. The number of phenols is 1. The Kier molecular flexibility index (Phi) is 3.74. The molecule has 0 atom stereocenters. The van der Waals surface area contributed by atoms with Gasteiger partial charge in [-0.05, 0) is 24.1 Å². The van der Waals surface area contributed by atoms with Crippen molar-refractivity contribution in [3.63, 3.8) is 0 Å². The Morgan fingerprint density at radius 2 is 2.27 bits per heavy atom. The summed E-state index contributed by atoms with van der Waals surface area (Å²) in [6.07, 6.45) is 3.55. The highest BCUT2D eigenvalue weighted by Crippen LogP contribution is 2.30. The first kappa shape index (κ1) is 11.1. The van der Waals surface area contributed by atoms with E-state index in [0.717, 1.165) is 11.8 Å². The maximum atomic E-state index is 9.66. The van der Waals surface area contributed by atoms with Gasteiger partial charge in [0, 0.05) is 5.56 Å². The second kappa shape index (κ2) is 5.05. The lowest BCUT2D eigenvalue weighted by Crippen LogP contribution is -1.92. The third-order valence-electron chi connectivity index (χ3n) is 1.96. The highest BCUT2D eigenvalue weighted by atomic mass is 16.5. The van der Waals surface area contributed by atoms with Crippen LogP contribution in [0.2, 0.25) is 0 Å². The molecule has 0 aliphatic carbocycles. The van der Waals surface area contributed by atoms with Crippen molar-refractivity contribution in [3.8, 4) is 11.5 Å². The van der Waals surface area contributed by atoms with E-state index >= 15 is 0 Å². The number of benzene rings is 1. The van der Waals surface area contributed by atoms with Crippen LogP contribution in [0.15, 0.2) is 29.9 Å². The fourth-order valence-electron chi connectivity index (χ4n) is 1.29. The zero-order chi connectivity index (χ0) is 11.3. The molecule has 0 unspecified atom stereocenters. The number of nitrogens with zero attached hydrogens (tertiary/aromatic N) is 1. The lowest BCUT2D eigenvalue weighted by Gasteiger charge is -2.08. The van der Waals surface area contributed by atoms with Gasteiger partial charge in [0.15, 0.2) is 11.5 Å². The topological polar surface area (TPSA) is 62.1 Å². The molecule has 0 bridgehead atoms. The average molecular weight is 207 g/mol. The molecule has 1 aromatic carbocycles. The van der Waals surface area contributed by atoms with Gasteiger partial charge < -0.3 is 15.1 Å². The molecule has 80 valence electrons. The third-order valence-corrected chi connectivity index (χ3v) is 1.96. The first-order chi connectivity index (χ1) is 7.22. The Morgan fingerprint density at radius 3 is 2.80 bits per heavy atom. The standard InChI is InChI=1S/C11H13NO3/c1-3-4-8-5-9(7-12-14)11(13)10(6-8)15-2/h3,5-7,13-14H,1,4H2,2H3. The molecule has 0 fully saturated rings. The third kappa shape index (κ3) is 2.49. The van der Waals surface area contributed by atoms with Gasteiger partial charge in [-0.3, -0.25) is 0 Å². The van der Waals surface area contributed by atoms with Crippen LogP contribution in [-0.2, 0) is 6.42 Å². The van der Waals surface area contributed by atoms with E-state index in [0.29, 0.717) is 17.7 Å². The summed E-state index contributed by atoms with van der Waals surface area (Å²) in [6, 6.07) is 3.42. The van der Waals surface area contributed by atoms with Gasteiger partial charge in [-0.2, -0.15) is 0 Å². The molecule has 2 N–H and O–H groups in total. The molecule has 4 heteroatoms. The molecule has 1 rings (SSSR count). The predicted molar refractivity (Wildman–Crippen MR) is 57.9 cm³/mol. The van der Waals surface area contributed by atoms with Gasteiger partial charge >= 0.3 is 0 Å². The van der Waals surface area contributed by atoms with E-state index in [2.05, 4.69) is 11.7 Å². The minimum Gasteiger partial charge on any atom is -0.504 e. The molecule has 0 heterocycles. The van der Waals surface area contributed by atoms with E-state index < -0.39 is 0 Å². The minimum absolute atomic E-state index is 0.0388. The van der Waals surface area contributed by atoms with Gasteiger partial charge in [0.25, 0.3) is 0 Å². The molecular weight excluding hydrogens is 194 g/mol. The molecular formula is C11H13NO3. The summed E-state index contributed by atoms with van der Waals surface area (Å²) < 4.78 is 4.99. The van der Waals surface area contributed by atoms with Crippen LogP contribution in [0, 0.1) is 0 Å². The Morgan fingerprint density at radius 1 is 1.53 bits per heavy atom. The maximum absolute atomic E-state index is 9.66. The van der Waals surface area contributed by atoms with Crippen LogP contribution in [0.5, 0.6) is 11.5 Å². The number of methoxy groups -OCH3 is 1. The van der Waals surface area contributed by atoms with Crippen molar-refractivity contribution in [3.05, 3.63) is 35.9 Å². The summed E-state index contributed by atoms with van der Waals surface area (Å²) in [5, 5.41) is 21.0. The molecule has 0 saturated carbocycles. The van der Waals surface area contributed by atoms with Crippen LogP contribution in [-0.4, -0.2) is 23.6 Å². The summed E-state index contributed by atoms with van der Waals surface area (Å²) in [4.78, 5) is 0. The Balaban J connectivity index is 3.24. The van der Waals surface area contributed by atoms with E-state index in [1.807, 2.05) is 0 Å². The highest BCUT2D eigenvalue weighted by molar-refractivity contribution is 5.84. The van der Waals surface area contributed by atoms with Crippen LogP contribution in [0.3, 0.4) is 0 Å². The normalized spacial score (nSPS) is 10.5. The number of hydrogen-bond donors (Lipinski definition) is 2. The first-order valence-electron chi connectivity index (χ1n) is 4.41. The summed E-state index contributed by atoms with van der Waals surface area (Å²) >= 11 is 0. The van der Waals surface area contributed by atoms with Crippen molar-refractivity contribution in [2.45, 2.75) is 6.42 Å². The zero-order valence-electron chi connectivity index (χ0n) is 8.47. The Labute approximate surface area is 88.1 Å². The number of aromatic hydroxyl groups is 1. The molecule has 15 heavy (non-hydrogen) atoms. The summed E-state index contributed by atoms with van der Waals surface area (Å²) in [6.45, 7) is 3.62. The number of phenolic OH excluding ortho intramolecular Hbond substituents is 1. The summed E-state index contributed by atoms with van der Waals surface area (Å²) in [5.74, 6) is 0.312. The summed E-state index contributed by atoms with van der Waals surface area (Å²) in [5.41, 5.74) is 1.34. The van der Waals surface area contributed by atoms with Crippen molar-refractivity contribution in [1.29, 1.82) is 0 Å². The Bertz CT molecular complexity index is 386. The quantitative estimate of drug-likeness (QED) is 0.343. The van der Waals surface area contributed by atoms with E-state index in [-0.39, 0.29) is 5.75 Å². The van der Waals surface area contributed by atoms with Gasteiger partial charge in [-0.15, -0.1) is 6.58 Å². The molecule has 0 aromatic heterocycles. The fraction of sp³-hybridized carbons (Fsp3) is 0.182. The summed E-state index contributed by atoms with van der Waals surface area (Å²) in [7, 11) is 1.46. The van der Waals surface area contributed by atoms with Crippen molar-refractivity contribution < 1.29 is 15.1 Å². The van der Waals surface area contributed by atoms with E-state index in [4.69, 9.17) is 9.94 Å². The predicted octanol–water partition coefficient (Wildman–Crippen LogP) is 1.94. The number of rotatable bonds is 4. The molecule has 0 aliphatic rings. The monoisotopic (exact) mass is 207 g/mol. The number of ether oxygens (including phenoxy) is 1. The Hall–Kier alpha value is -1.97. The second-order valence-corrected chi connectivity index (χ2v) is 2.97. The molecule has 0 aliphatic heterocycles. The second-order valence-electron chi connectivity index (χ2n) is 2.97. The van der Waals surface area contributed by atoms with Crippen LogP contribution >= 0.6 is 0 Å². The van der Waals surface area contributed by atoms with Crippen LogP contribution < -0.4 is 4.74 Å². The average Bonchev–Trinajstić information content (AvgIpc) is 2.23. The number of hydrogen-bond acceptors (Lipinski definition) is 4. The van der Waals surface area contributed by atoms with Crippen LogP contribution in [0.4, 0.5) is 0 Å². The van der Waals surface area contributed by atoms with Crippen molar-refractivity contribution in [2.24, 2.45) is 5.16 Å². The molecule has 4 nitrogen and oxygen atoms in total. The molecule has 0 spiro atoms. The molecule has 0 saturated heterocycles. The number of allylic oxidation sites excluding steroid dienone is 1. The van der Waals surface area contributed by atoms with Crippen LogP contribution in [0.25, 0.3) is 0 Å². The van der Waals surface area contributed by atoms with Gasteiger partial charge in [0.05, 0.1) is 13.3 Å². The smallest absolute Gasteiger partial charge is 0.166 e. The molecule has 0 radical (unpaired) electrons. The van der Waals surface area contributed by atoms with Crippen molar-refractivity contribution in [2.75, 3.05) is 7.11 Å². The van der Waals surface area contributed by atoms with E-state index in [1.54, 1.807) is 18.2 Å². The lowest BCUT2D eigenvalue weighted by atomic mass is 10.1. The highest BCUT2D eigenvalue weighted by Gasteiger charge is 2.08. The van der Waals surface area contributed by atoms with Crippen molar-refractivity contribution in [1.82, 2.24) is 0 Å². The van der Waals surface area contributed by atoms with Gasteiger partial charge in [-0.25, -0.2) is 0 Å².